The van der Waals surface area contributed by atoms with Gasteiger partial charge in [0.2, 0.25) is 0 Å². The van der Waals surface area contributed by atoms with Crippen LogP contribution in [0.4, 0.5) is 5.69 Å². The quantitative estimate of drug-likeness (QED) is 0.934. The molecular weight excluding hydrogens is 316 g/mol. The second-order valence-electron chi connectivity index (χ2n) is 4.95. The average molecular weight is 330 g/mol. The average Bonchev–Trinajstić information content (AvgIpc) is 2.80. The van der Waals surface area contributed by atoms with Crippen molar-refractivity contribution in [1.29, 1.82) is 5.26 Å². The molecule has 0 fully saturated rings. The van der Waals surface area contributed by atoms with Crippen molar-refractivity contribution in [3.05, 3.63) is 48.0 Å². The van der Waals surface area contributed by atoms with Crippen LogP contribution in [0.15, 0.2) is 47.4 Å². The topological polar surface area (TPSA) is 88.4 Å². The maximum atomic E-state index is 12.5. The Balaban J connectivity index is 1.87. The molecule has 0 bridgehead atoms. The van der Waals surface area contributed by atoms with Crippen LogP contribution < -0.4 is 14.2 Å². The van der Waals surface area contributed by atoms with Crippen LogP contribution in [0, 0.1) is 11.3 Å². The number of nitrogens with one attached hydrogen (secondary N) is 1. The predicted molar refractivity (Wildman–Crippen MR) is 84.0 cm³/mol. The number of rotatable bonds is 3. The molecule has 0 radical (unpaired) electrons. The van der Waals surface area contributed by atoms with Crippen LogP contribution in [0.1, 0.15) is 12.0 Å². The number of anilines is 1. The molecule has 3 rings (SSSR count). The molecule has 0 saturated carbocycles. The molecule has 2 aromatic rings. The van der Waals surface area contributed by atoms with Gasteiger partial charge in [-0.1, -0.05) is 0 Å². The van der Waals surface area contributed by atoms with Gasteiger partial charge in [0.25, 0.3) is 10.0 Å². The molecule has 6 nitrogen and oxygen atoms in total. The monoisotopic (exact) mass is 330 g/mol. The number of hydrogen-bond acceptors (Lipinski definition) is 5. The fourth-order valence-electron chi connectivity index (χ4n) is 2.14. The van der Waals surface area contributed by atoms with E-state index in [-0.39, 0.29) is 4.90 Å². The number of nitrogens with zero attached hydrogens (tertiary/aromatic N) is 1. The zero-order valence-corrected chi connectivity index (χ0v) is 13.0. The van der Waals surface area contributed by atoms with Crippen LogP contribution in [0.5, 0.6) is 11.5 Å². The fourth-order valence-corrected chi connectivity index (χ4v) is 3.21. The van der Waals surface area contributed by atoms with Gasteiger partial charge in [0, 0.05) is 18.2 Å². The number of nitriles is 1. The van der Waals surface area contributed by atoms with E-state index in [2.05, 4.69) is 4.72 Å². The highest BCUT2D eigenvalue weighted by Crippen LogP contribution is 2.32. The van der Waals surface area contributed by atoms with Crippen molar-refractivity contribution in [2.75, 3.05) is 17.9 Å². The van der Waals surface area contributed by atoms with Crippen LogP contribution in [-0.4, -0.2) is 21.6 Å². The van der Waals surface area contributed by atoms with Crippen LogP contribution in [-0.2, 0) is 10.0 Å². The summed E-state index contributed by atoms with van der Waals surface area (Å²) in [5.41, 5.74) is 0.847. The van der Waals surface area contributed by atoms with Gasteiger partial charge >= 0.3 is 0 Å². The van der Waals surface area contributed by atoms with Gasteiger partial charge in [0.05, 0.1) is 29.7 Å². The molecule has 0 saturated heterocycles. The highest BCUT2D eigenvalue weighted by Gasteiger charge is 2.19. The summed E-state index contributed by atoms with van der Waals surface area (Å²) in [5.74, 6) is 0.963. The second kappa shape index (κ2) is 6.18. The minimum Gasteiger partial charge on any atom is -0.490 e. The van der Waals surface area contributed by atoms with Crippen molar-refractivity contribution in [2.24, 2.45) is 0 Å². The SMILES string of the molecule is N#Cc1ccc(NS(=O)(=O)c2ccc3c(c2)OCCCO3)cc1. The summed E-state index contributed by atoms with van der Waals surface area (Å²) in [7, 11) is -3.75. The Kier molecular flexibility index (Phi) is 4.08. The number of fused-ring (bicyclic) bond motifs is 1. The molecule has 1 N–H and O–H groups in total. The number of benzene rings is 2. The van der Waals surface area contributed by atoms with Gasteiger partial charge in [-0.25, -0.2) is 8.42 Å². The Hall–Kier alpha value is -2.72. The van der Waals surface area contributed by atoms with Crippen molar-refractivity contribution < 1.29 is 17.9 Å². The van der Waals surface area contributed by atoms with E-state index in [1.54, 1.807) is 30.3 Å². The lowest BCUT2D eigenvalue weighted by Crippen LogP contribution is -2.13. The van der Waals surface area contributed by atoms with Gasteiger partial charge in [-0.2, -0.15) is 5.26 Å². The molecule has 0 spiro atoms. The summed E-state index contributed by atoms with van der Waals surface area (Å²) in [4.78, 5) is 0.0890. The lowest BCUT2D eigenvalue weighted by molar-refractivity contribution is 0.297. The molecule has 0 atom stereocenters. The highest BCUT2D eigenvalue weighted by molar-refractivity contribution is 7.92. The lowest BCUT2D eigenvalue weighted by atomic mass is 10.2. The Bertz CT molecular complexity index is 855. The first kappa shape index (κ1) is 15.2. The molecule has 1 aliphatic heterocycles. The summed E-state index contributed by atoms with van der Waals surface area (Å²) in [6.07, 6.45) is 0.750. The maximum absolute atomic E-state index is 12.5. The van der Waals surface area contributed by atoms with Crippen molar-refractivity contribution >= 4 is 15.7 Å². The fraction of sp³-hybridized carbons (Fsp3) is 0.188. The molecule has 7 heteroatoms. The zero-order valence-electron chi connectivity index (χ0n) is 12.2. The first-order valence-electron chi connectivity index (χ1n) is 7.01. The first-order valence-corrected chi connectivity index (χ1v) is 8.49. The molecule has 23 heavy (non-hydrogen) atoms. The molecule has 118 valence electrons. The van der Waals surface area contributed by atoms with Crippen LogP contribution in [0.25, 0.3) is 0 Å². The molecule has 0 aliphatic carbocycles. The molecule has 1 aliphatic rings. The summed E-state index contributed by atoms with van der Waals surface area (Å²) >= 11 is 0. The van der Waals surface area contributed by atoms with Crippen molar-refractivity contribution in [2.45, 2.75) is 11.3 Å². The van der Waals surface area contributed by atoms with E-state index in [0.717, 1.165) is 6.42 Å². The molecule has 0 amide bonds. The number of sulfonamides is 1. The van der Waals surface area contributed by atoms with E-state index in [9.17, 15) is 8.42 Å². The number of ether oxygens (including phenoxy) is 2. The summed E-state index contributed by atoms with van der Waals surface area (Å²) < 4.78 is 38.4. The Labute approximate surface area is 134 Å². The van der Waals surface area contributed by atoms with Gasteiger partial charge < -0.3 is 9.47 Å². The van der Waals surface area contributed by atoms with E-state index >= 15 is 0 Å². The maximum Gasteiger partial charge on any atom is 0.262 e. The molecule has 0 aromatic heterocycles. The van der Waals surface area contributed by atoms with Crippen molar-refractivity contribution in [3.8, 4) is 17.6 Å². The predicted octanol–water partition coefficient (Wildman–Crippen LogP) is 2.52. The van der Waals surface area contributed by atoms with Crippen LogP contribution in [0.3, 0.4) is 0 Å². The Morgan fingerprint density at radius 2 is 1.70 bits per heavy atom. The van der Waals surface area contributed by atoms with E-state index < -0.39 is 10.0 Å². The minimum atomic E-state index is -3.75. The van der Waals surface area contributed by atoms with E-state index in [1.165, 1.54) is 12.1 Å². The molecular formula is C16H14N2O4S. The van der Waals surface area contributed by atoms with Crippen molar-refractivity contribution in [3.63, 3.8) is 0 Å². The summed E-state index contributed by atoms with van der Waals surface area (Å²) in [5, 5.41) is 8.76. The molecule has 2 aromatic carbocycles. The van der Waals surface area contributed by atoms with E-state index in [4.69, 9.17) is 14.7 Å². The third-order valence-electron chi connectivity index (χ3n) is 3.30. The first-order chi connectivity index (χ1) is 11.1. The second-order valence-corrected chi connectivity index (χ2v) is 6.64. The largest absolute Gasteiger partial charge is 0.490 e. The van der Waals surface area contributed by atoms with E-state index in [1.807, 2.05) is 6.07 Å². The van der Waals surface area contributed by atoms with E-state index in [0.29, 0.717) is 36.0 Å². The zero-order chi connectivity index (χ0) is 16.3. The van der Waals surface area contributed by atoms with Crippen molar-refractivity contribution in [1.82, 2.24) is 0 Å². The van der Waals surface area contributed by atoms with Crippen LogP contribution >= 0.6 is 0 Å². The molecule has 0 unspecified atom stereocenters. The minimum absolute atomic E-state index is 0.0890. The smallest absolute Gasteiger partial charge is 0.262 e. The van der Waals surface area contributed by atoms with Gasteiger partial charge in [0.15, 0.2) is 11.5 Å². The van der Waals surface area contributed by atoms with Crippen LogP contribution in [0.2, 0.25) is 0 Å². The lowest BCUT2D eigenvalue weighted by Gasteiger charge is -2.11. The Morgan fingerprint density at radius 3 is 2.39 bits per heavy atom. The van der Waals surface area contributed by atoms with Gasteiger partial charge in [-0.3, -0.25) is 4.72 Å². The summed E-state index contributed by atoms with van der Waals surface area (Å²) in [6.45, 7) is 1.03. The third kappa shape index (κ3) is 3.38. The third-order valence-corrected chi connectivity index (χ3v) is 4.67. The molecule has 1 heterocycles. The summed E-state index contributed by atoms with van der Waals surface area (Å²) in [6, 6.07) is 12.7. The highest BCUT2D eigenvalue weighted by atomic mass is 32.2. The van der Waals surface area contributed by atoms with Gasteiger partial charge in [-0.05, 0) is 36.4 Å². The number of hydrogen-bond donors (Lipinski definition) is 1. The normalized spacial score (nSPS) is 13.7. The van der Waals surface area contributed by atoms with Gasteiger partial charge in [-0.15, -0.1) is 0 Å². The Morgan fingerprint density at radius 1 is 1.00 bits per heavy atom. The van der Waals surface area contributed by atoms with Gasteiger partial charge in [0.1, 0.15) is 0 Å². The standard InChI is InChI=1S/C16H14N2O4S/c17-11-12-2-4-13(5-3-12)18-23(19,20)14-6-7-15-16(10-14)22-9-1-8-21-15/h2-7,10,18H,1,8-9H2.